The summed E-state index contributed by atoms with van der Waals surface area (Å²) < 4.78 is 16.4. The molecule has 5 heterocycles. The maximum atomic E-state index is 12.2. The summed E-state index contributed by atoms with van der Waals surface area (Å²) in [5.41, 5.74) is 12.8. The van der Waals surface area contributed by atoms with Crippen molar-refractivity contribution in [2.45, 2.75) is 13.8 Å². The molecule has 0 bridgehead atoms. The molecule has 0 aliphatic carbocycles. The second-order valence-electron chi connectivity index (χ2n) is 18.5. The first-order chi connectivity index (χ1) is 35.0. The van der Waals surface area contributed by atoms with Gasteiger partial charge in [-0.3, -0.25) is 0 Å². The third kappa shape index (κ3) is 5.31. The number of hydrogen-bond donors (Lipinski definition) is 0. The Balaban J connectivity index is 1.28. The number of benzene rings is 10. The molecule has 0 spiro atoms. The summed E-state index contributed by atoms with van der Waals surface area (Å²) in [7, 11) is 0. The van der Waals surface area contributed by atoms with Gasteiger partial charge < -0.3 is 13.6 Å². The number of nitriles is 1. The molecule has 0 N–H and O–H groups in total. The van der Waals surface area contributed by atoms with Crippen LogP contribution in [0.2, 0.25) is 0 Å². The largest absolute Gasteiger partial charge is 0.454 e. The minimum Gasteiger partial charge on any atom is -0.454 e. The molecule has 10 aromatic carbocycles. The molecule has 0 aliphatic rings. The first-order valence-corrected chi connectivity index (χ1v) is 25.3. The van der Waals surface area contributed by atoms with Gasteiger partial charge in [-0.05, 0) is 66.4 Å². The molecule has 5 aromatic heterocycles. The number of nitrogens with zero attached hydrogens (tertiary/aromatic N) is 4. The number of fused-ring (bicyclic) bond motifs is 18. The van der Waals surface area contributed by atoms with E-state index in [1.54, 1.807) is 22.7 Å². The van der Waals surface area contributed by atoms with Crippen LogP contribution in [0.3, 0.4) is 0 Å². The first kappa shape index (κ1) is 40.0. The van der Waals surface area contributed by atoms with E-state index in [0.717, 1.165) is 108 Å². The van der Waals surface area contributed by atoms with E-state index in [2.05, 4.69) is 187 Å². The second-order valence-corrected chi connectivity index (χ2v) is 20.6. The van der Waals surface area contributed by atoms with Gasteiger partial charge in [0.2, 0.25) is 5.69 Å². The number of aromatic nitrogens is 2. The SMILES string of the molecule is [C-]#[N+]c1c(-c2ccccc2C)c(C#N)c(-n2c3ccccc3c3ccc4c5ccccc5oc4c32)c(-c2ccccc2C)c1-n1c2c(ccc3c4ccccc4sc32)c2ccc3c4ccccc4sc3c21. The average Bonchev–Trinajstić information content (AvgIpc) is 4.24. The van der Waals surface area contributed by atoms with Crippen molar-refractivity contribution in [1.82, 2.24) is 9.13 Å². The van der Waals surface area contributed by atoms with Gasteiger partial charge in [-0.2, -0.15) is 5.26 Å². The van der Waals surface area contributed by atoms with Crippen molar-refractivity contribution in [3.05, 3.63) is 210 Å². The highest BCUT2D eigenvalue weighted by Crippen LogP contribution is 2.56. The maximum absolute atomic E-state index is 12.2. The number of thiophene rings is 2. The molecule has 0 fully saturated rings. The standard InChI is InChI=1S/C64H36N4OS2/c1-35-16-4-6-18-37(35)54-49(34-65)57(67-50-24-12-8-20-39(50)43-28-31-46-40-21-9-13-25-51(40)69-62(46)58(43)67)55(38-19-7-5-17-36(38)2)61(56(54)66-3)68-59-44(29-32-47-41-22-10-14-26-52(41)70-63(47)59)45-30-33-48-42-23-11-15-27-53(42)71-64(48)60(45)68/h4-33H,1-2H3. The van der Waals surface area contributed by atoms with Gasteiger partial charge in [0.25, 0.3) is 0 Å². The monoisotopic (exact) mass is 940 g/mol. The molecule has 0 amide bonds. The summed E-state index contributed by atoms with van der Waals surface area (Å²) in [6.45, 7) is 13.8. The van der Waals surface area contributed by atoms with E-state index in [1.165, 1.54) is 30.9 Å². The fourth-order valence-corrected chi connectivity index (χ4v) is 14.3. The van der Waals surface area contributed by atoms with Crippen molar-refractivity contribution < 1.29 is 4.42 Å². The minimum absolute atomic E-state index is 0.419. The van der Waals surface area contributed by atoms with E-state index in [-0.39, 0.29) is 0 Å². The van der Waals surface area contributed by atoms with Crippen LogP contribution in [0.15, 0.2) is 186 Å². The minimum atomic E-state index is 0.419. The third-order valence-corrected chi connectivity index (χ3v) is 17.3. The number of rotatable bonds is 4. The van der Waals surface area contributed by atoms with Crippen LogP contribution in [0.1, 0.15) is 16.7 Å². The summed E-state index contributed by atoms with van der Waals surface area (Å²) in [4.78, 5) is 4.71. The molecule has 0 aliphatic heterocycles. The number of para-hydroxylation sites is 2. The van der Waals surface area contributed by atoms with E-state index in [4.69, 9.17) is 9.26 Å². The van der Waals surface area contributed by atoms with Crippen molar-refractivity contribution in [1.29, 1.82) is 5.26 Å². The summed E-state index contributed by atoms with van der Waals surface area (Å²) in [5.74, 6) is 0. The molecule has 0 atom stereocenters. The highest BCUT2D eigenvalue weighted by molar-refractivity contribution is 7.27. The Bertz CT molecular complexity index is 4820. The van der Waals surface area contributed by atoms with Gasteiger partial charge in [0, 0.05) is 74.4 Å². The van der Waals surface area contributed by atoms with Gasteiger partial charge in [0.1, 0.15) is 11.7 Å². The maximum Gasteiger partial charge on any atom is 0.220 e. The fraction of sp³-hybridized carbons (Fsp3) is 0.0312. The fourth-order valence-electron chi connectivity index (χ4n) is 11.8. The van der Waals surface area contributed by atoms with Crippen molar-refractivity contribution in [3.63, 3.8) is 0 Å². The lowest BCUT2D eigenvalue weighted by Gasteiger charge is -2.27. The van der Waals surface area contributed by atoms with E-state index in [9.17, 15) is 11.8 Å². The van der Waals surface area contributed by atoms with Gasteiger partial charge >= 0.3 is 0 Å². The van der Waals surface area contributed by atoms with Crippen LogP contribution in [-0.2, 0) is 0 Å². The van der Waals surface area contributed by atoms with E-state index in [1.807, 2.05) is 24.3 Å². The summed E-state index contributed by atoms with van der Waals surface area (Å²) in [5, 5.41) is 23.2. The first-order valence-electron chi connectivity index (χ1n) is 23.7. The lowest BCUT2D eigenvalue weighted by atomic mass is 9.86. The van der Waals surface area contributed by atoms with Crippen molar-refractivity contribution in [2.75, 3.05) is 0 Å². The number of aryl methyl sites for hydroxylation is 2. The molecule has 0 saturated heterocycles. The molecule has 0 radical (unpaired) electrons. The Kier molecular flexibility index (Phi) is 8.31. The Morgan fingerprint density at radius 1 is 0.465 bits per heavy atom. The lowest BCUT2D eigenvalue weighted by Crippen LogP contribution is -2.09. The topological polar surface area (TPSA) is 51.1 Å². The zero-order valence-electron chi connectivity index (χ0n) is 38.3. The van der Waals surface area contributed by atoms with Crippen LogP contribution in [0.5, 0.6) is 0 Å². The van der Waals surface area contributed by atoms with E-state index in [0.29, 0.717) is 22.5 Å². The summed E-state index contributed by atoms with van der Waals surface area (Å²) in [6.07, 6.45) is 0. The number of furan rings is 1. The van der Waals surface area contributed by atoms with Crippen LogP contribution in [-0.4, -0.2) is 9.13 Å². The van der Waals surface area contributed by atoms with Crippen molar-refractivity contribution in [2.24, 2.45) is 0 Å². The average molecular weight is 941 g/mol. The Hall–Kier alpha value is -8.98. The third-order valence-electron chi connectivity index (χ3n) is 14.9. The highest BCUT2D eigenvalue weighted by atomic mass is 32.1. The molecule has 0 saturated carbocycles. The van der Waals surface area contributed by atoms with Gasteiger partial charge in [-0.15, -0.1) is 22.7 Å². The molecule has 15 rings (SSSR count). The lowest BCUT2D eigenvalue weighted by molar-refractivity contribution is 0.671. The van der Waals surface area contributed by atoms with Crippen LogP contribution < -0.4 is 0 Å². The second kappa shape index (κ2) is 14.8. The summed E-state index contributed by atoms with van der Waals surface area (Å²) >= 11 is 3.60. The smallest absolute Gasteiger partial charge is 0.220 e. The van der Waals surface area contributed by atoms with Crippen molar-refractivity contribution >= 4 is 134 Å². The van der Waals surface area contributed by atoms with Gasteiger partial charge in [-0.25, -0.2) is 4.85 Å². The highest BCUT2D eigenvalue weighted by Gasteiger charge is 2.34. The van der Waals surface area contributed by atoms with Crippen LogP contribution in [0.25, 0.3) is 144 Å². The van der Waals surface area contributed by atoms with Gasteiger partial charge in [0.05, 0.1) is 55.0 Å². The Labute approximate surface area is 414 Å². The molecule has 330 valence electrons. The van der Waals surface area contributed by atoms with Gasteiger partial charge in [-0.1, -0.05) is 152 Å². The van der Waals surface area contributed by atoms with Crippen LogP contribution >= 0.6 is 22.7 Å². The van der Waals surface area contributed by atoms with Crippen molar-refractivity contribution in [3.8, 4) is 39.7 Å². The van der Waals surface area contributed by atoms with Crippen LogP contribution in [0.4, 0.5) is 5.69 Å². The Morgan fingerprint density at radius 3 is 1.56 bits per heavy atom. The molecule has 15 aromatic rings. The molecular weight excluding hydrogens is 905 g/mol. The normalized spacial score (nSPS) is 12.1. The zero-order valence-corrected chi connectivity index (χ0v) is 40.0. The quantitative estimate of drug-likeness (QED) is 0.165. The molecule has 7 heteroatoms. The summed E-state index contributed by atoms with van der Waals surface area (Å²) in [6, 6.07) is 67.1. The van der Waals surface area contributed by atoms with Crippen LogP contribution in [0, 0.1) is 31.8 Å². The van der Waals surface area contributed by atoms with E-state index < -0.39 is 0 Å². The molecule has 0 unspecified atom stereocenters. The zero-order chi connectivity index (χ0) is 47.2. The van der Waals surface area contributed by atoms with E-state index >= 15 is 0 Å². The predicted octanol–water partition coefficient (Wildman–Crippen LogP) is 18.9. The molecule has 5 nitrogen and oxygen atoms in total. The number of hydrogen-bond acceptors (Lipinski definition) is 4. The Morgan fingerprint density at radius 2 is 0.958 bits per heavy atom. The molecule has 71 heavy (non-hydrogen) atoms. The van der Waals surface area contributed by atoms with Gasteiger partial charge in [0.15, 0.2) is 5.58 Å². The predicted molar refractivity (Wildman–Crippen MR) is 299 cm³/mol. The molecular formula is C64H36N4OS2.